The molecule has 0 aliphatic heterocycles. The van der Waals surface area contributed by atoms with E-state index in [1.165, 1.54) is 24.1 Å². The second-order valence-electron chi connectivity index (χ2n) is 10.2. The van der Waals surface area contributed by atoms with E-state index < -0.39 is 28.5 Å². The van der Waals surface area contributed by atoms with Gasteiger partial charge in [-0.3, -0.25) is 13.9 Å². The number of methoxy groups -OCH3 is 1. The van der Waals surface area contributed by atoms with E-state index in [9.17, 15) is 18.0 Å². The van der Waals surface area contributed by atoms with Crippen LogP contribution in [0, 0.1) is 0 Å². The summed E-state index contributed by atoms with van der Waals surface area (Å²) in [5, 5.41) is 3.88. The molecule has 1 aliphatic rings. The molecule has 1 atom stereocenters. The molecular formula is C31H35Cl2N3O5S. The van der Waals surface area contributed by atoms with Crippen LogP contribution in [-0.4, -0.2) is 50.9 Å². The van der Waals surface area contributed by atoms with Crippen LogP contribution in [0.15, 0.2) is 77.7 Å². The zero-order chi connectivity index (χ0) is 30.3. The summed E-state index contributed by atoms with van der Waals surface area (Å²) in [6, 6.07) is 18.5. The van der Waals surface area contributed by atoms with Gasteiger partial charge in [0.05, 0.1) is 17.7 Å². The van der Waals surface area contributed by atoms with E-state index in [2.05, 4.69) is 5.32 Å². The van der Waals surface area contributed by atoms with Crippen LogP contribution in [0.25, 0.3) is 0 Å². The maximum absolute atomic E-state index is 14.2. The molecule has 0 bridgehead atoms. The van der Waals surface area contributed by atoms with Crippen molar-refractivity contribution in [3.63, 3.8) is 0 Å². The highest BCUT2D eigenvalue weighted by molar-refractivity contribution is 7.92. The molecule has 1 saturated carbocycles. The van der Waals surface area contributed by atoms with E-state index in [4.69, 9.17) is 27.9 Å². The van der Waals surface area contributed by atoms with E-state index in [0.29, 0.717) is 33.5 Å². The summed E-state index contributed by atoms with van der Waals surface area (Å²) in [4.78, 5) is 29.1. The number of anilines is 1. The smallest absolute Gasteiger partial charge is 0.264 e. The van der Waals surface area contributed by atoms with Gasteiger partial charge in [-0.05, 0) is 73.4 Å². The molecule has 0 spiro atoms. The molecule has 1 N–H and O–H groups in total. The van der Waals surface area contributed by atoms with E-state index in [0.717, 1.165) is 30.0 Å². The SMILES string of the molecule is CC[C@H](C(=O)NC1CCCC1)N(Cc1ccc(Cl)cc1Cl)C(=O)CN(c1ccccc1)S(=O)(=O)c1ccc(OC)cc1. The lowest BCUT2D eigenvalue weighted by molar-refractivity contribution is -0.140. The van der Waals surface area contributed by atoms with E-state index in [1.807, 2.05) is 6.92 Å². The van der Waals surface area contributed by atoms with E-state index in [-0.39, 0.29) is 23.4 Å². The fourth-order valence-electron chi connectivity index (χ4n) is 5.12. The fourth-order valence-corrected chi connectivity index (χ4v) is 7.00. The molecule has 42 heavy (non-hydrogen) atoms. The number of halogens is 2. The molecule has 3 aromatic carbocycles. The average Bonchev–Trinajstić information content (AvgIpc) is 3.50. The van der Waals surface area contributed by atoms with Gasteiger partial charge in [-0.25, -0.2) is 8.42 Å². The normalized spacial score (nSPS) is 14.3. The van der Waals surface area contributed by atoms with E-state index >= 15 is 0 Å². The minimum atomic E-state index is -4.18. The number of nitrogens with one attached hydrogen (secondary N) is 1. The molecule has 0 aromatic heterocycles. The summed E-state index contributed by atoms with van der Waals surface area (Å²) in [6.45, 7) is 1.29. The first-order valence-corrected chi connectivity index (χ1v) is 16.1. The van der Waals surface area contributed by atoms with Crippen molar-refractivity contribution in [3.8, 4) is 5.75 Å². The average molecular weight is 633 g/mol. The number of nitrogens with zero attached hydrogens (tertiary/aromatic N) is 2. The molecule has 1 aliphatic carbocycles. The summed E-state index contributed by atoms with van der Waals surface area (Å²) >= 11 is 12.6. The highest BCUT2D eigenvalue weighted by Crippen LogP contribution is 2.28. The quantitative estimate of drug-likeness (QED) is 0.262. The van der Waals surface area contributed by atoms with Gasteiger partial charge in [0.25, 0.3) is 10.0 Å². The Labute approximate surface area is 257 Å². The van der Waals surface area contributed by atoms with Crippen molar-refractivity contribution in [2.75, 3.05) is 18.0 Å². The van der Waals surface area contributed by atoms with Crippen molar-refractivity contribution in [2.45, 2.75) is 62.6 Å². The maximum atomic E-state index is 14.2. The van der Waals surface area contributed by atoms with Crippen LogP contribution in [0.4, 0.5) is 5.69 Å². The van der Waals surface area contributed by atoms with Gasteiger partial charge in [0.1, 0.15) is 18.3 Å². The molecule has 2 amide bonds. The minimum absolute atomic E-state index is 0.00160. The first-order valence-electron chi connectivity index (χ1n) is 13.9. The topological polar surface area (TPSA) is 96.0 Å². The van der Waals surface area contributed by atoms with Crippen LogP contribution in [0.3, 0.4) is 0 Å². The van der Waals surface area contributed by atoms with Crippen LogP contribution in [0.1, 0.15) is 44.6 Å². The molecule has 3 aromatic rings. The third-order valence-corrected chi connectivity index (χ3v) is 9.79. The second-order valence-corrected chi connectivity index (χ2v) is 12.9. The van der Waals surface area contributed by atoms with Crippen molar-refractivity contribution in [2.24, 2.45) is 0 Å². The number of carbonyl (C=O) groups excluding carboxylic acids is 2. The molecule has 0 unspecified atom stereocenters. The predicted molar refractivity (Wildman–Crippen MR) is 165 cm³/mol. The second kappa shape index (κ2) is 14.3. The van der Waals surface area contributed by atoms with Crippen molar-refractivity contribution in [1.29, 1.82) is 0 Å². The maximum Gasteiger partial charge on any atom is 0.264 e. The largest absolute Gasteiger partial charge is 0.497 e. The number of ether oxygens (including phenoxy) is 1. The Balaban J connectivity index is 1.71. The predicted octanol–water partition coefficient (Wildman–Crippen LogP) is 6.06. The molecule has 8 nitrogen and oxygen atoms in total. The summed E-state index contributed by atoms with van der Waals surface area (Å²) in [7, 11) is -2.69. The summed E-state index contributed by atoms with van der Waals surface area (Å²) in [5.74, 6) is -0.316. The molecule has 11 heteroatoms. The lowest BCUT2D eigenvalue weighted by Crippen LogP contribution is -2.53. The minimum Gasteiger partial charge on any atom is -0.497 e. The Morgan fingerprint density at radius 2 is 1.67 bits per heavy atom. The third-order valence-electron chi connectivity index (χ3n) is 7.41. The monoisotopic (exact) mass is 631 g/mol. The van der Waals surface area contributed by atoms with Crippen LogP contribution >= 0.6 is 23.2 Å². The van der Waals surface area contributed by atoms with Crippen molar-refractivity contribution < 1.29 is 22.7 Å². The molecule has 0 heterocycles. The zero-order valence-electron chi connectivity index (χ0n) is 23.6. The number of sulfonamides is 1. The van der Waals surface area contributed by atoms with Gasteiger partial charge in [-0.15, -0.1) is 0 Å². The fraction of sp³-hybridized carbons (Fsp3) is 0.355. The van der Waals surface area contributed by atoms with Gasteiger partial charge in [0, 0.05) is 22.6 Å². The van der Waals surface area contributed by atoms with Crippen LogP contribution in [0.5, 0.6) is 5.75 Å². The Hall–Kier alpha value is -3.27. The highest BCUT2D eigenvalue weighted by atomic mass is 35.5. The van der Waals surface area contributed by atoms with Gasteiger partial charge in [-0.2, -0.15) is 0 Å². The van der Waals surface area contributed by atoms with Gasteiger partial charge >= 0.3 is 0 Å². The zero-order valence-corrected chi connectivity index (χ0v) is 26.0. The Morgan fingerprint density at radius 1 is 1.00 bits per heavy atom. The van der Waals surface area contributed by atoms with Gasteiger partial charge in [0.15, 0.2) is 0 Å². The number of hydrogen-bond donors (Lipinski definition) is 1. The van der Waals surface area contributed by atoms with Crippen LogP contribution < -0.4 is 14.4 Å². The van der Waals surface area contributed by atoms with Crippen molar-refractivity contribution in [1.82, 2.24) is 10.2 Å². The summed E-state index contributed by atoms with van der Waals surface area (Å²) < 4.78 is 34.1. The van der Waals surface area contributed by atoms with Crippen molar-refractivity contribution in [3.05, 3.63) is 88.4 Å². The van der Waals surface area contributed by atoms with Gasteiger partial charge in [-0.1, -0.05) is 67.2 Å². The summed E-state index contributed by atoms with van der Waals surface area (Å²) in [6.07, 6.45) is 4.19. The standard InChI is InChI=1S/C31H35Cl2N3O5S/c1-3-29(31(38)34-24-9-7-8-10-24)35(20-22-13-14-23(32)19-28(22)33)30(37)21-36(25-11-5-4-6-12-25)42(39,40)27-17-15-26(41-2)16-18-27/h4-6,11-19,24,29H,3,7-10,20-21H2,1-2H3,(H,34,38)/t29-/m1/s1. The number of rotatable bonds is 12. The number of benzene rings is 3. The first-order chi connectivity index (χ1) is 20.1. The Morgan fingerprint density at radius 3 is 2.26 bits per heavy atom. The number of para-hydroxylation sites is 1. The Kier molecular flexibility index (Phi) is 10.8. The molecule has 224 valence electrons. The summed E-state index contributed by atoms with van der Waals surface area (Å²) in [5.41, 5.74) is 0.903. The number of hydrogen-bond acceptors (Lipinski definition) is 5. The molecule has 4 rings (SSSR count). The van der Waals surface area contributed by atoms with Gasteiger partial charge in [0.2, 0.25) is 11.8 Å². The molecule has 1 fully saturated rings. The molecule has 0 radical (unpaired) electrons. The number of amides is 2. The number of carbonyl (C=O) groups is 2. The van der Waals surface area contributed by atoms with Gasteiger partial charge < -0.3 is 15.0 Å². The molecule has 0 saturated heterocycles. The lowest BCUT2D eigenvalue weighted by Gasteiger charge is -2.34. The first kappa shape index (κ1) is 31.7. The lowest BCUT2D eigenvalue weighted by atomic mass is 10.1. The Bertz CT molecular complexity index is 1480. The van der Waals surface area contributed by atoms with Crippen LogP contribution in [-0.2, 0) is 26.2 Å². The van der Waals surface area contributed by atoms with Crippen LogP contribution in [0.2, 0.25) is 10.0 Å². The van der Waals surface area contributed by atoms with Crippen molar-refractivity contribution >= 4 is 50.7 Å². The third kappa shape index (κ3) is 7.56. The molecular weight excluding hydrogens is 597 g/mol. The highest BCUT2D eigenvalue weighted by Gasteiger charge is 2.34. The van der Waals surface area contributed by atoms with E-state index in [1.54, 1.807) is 60.7 Å².